The molecule has 142 valence electrons. The molecule has 1 aliphatic heterocycles. The van der Waals surface area contributed by atoms with Crippen molar-refractivity contribution in [1.82, 2.24) is 9.80 Å². The fraction of sp³-hybridized carbons (Fsp3) is 0.789. The molecule has 4 amide bonds. The molecule has 0 aromatic heterocycles. The van der Waals surface area contributed by atoms with Crippen LogP contribution in [0.4, 0.5) is 0 Å². The maximum Gasteiger partial charge on any atom is 0.233 e. The Kier molecular flexibility index (Phi) is 6.19. The normalized spacial score (nSPS) is 20.0. The van der Waals surface area contributed by atoms with Gasteiger partial charge in [0.25, 0.3) is 0 Å². The molecule has 2 atom stereocenters. The lowest BCUT2D eigenvalue weighted by Gasteiger charge is -2.35. The number of hydrogen-bond donors (Lipinski definition) is 0. The zero-order valence-electron chi connectivity index (χ0n) is 16.8. The van der Waals surface area contributed by atoms with Crippen molar-refractivity contribution < 1.29 is 19.2 Å². The minimum absolute atomic E-state index is 0.151. The quantitative estimate of drug-likeness (QED) is 0.729. The summed E-state index contributed by atoms with van der Waals surface area (Å²) in [6.07, 6.45) is 1.15. The number of rotatable bonds is 4. The lowest BCUT2D eigenvalue weighted by molar-refractivity contribution is -0.152. The smallest absolute Gasteiger partial charge is 0.233 e. The standard InChI is InChI=1S/C19H32N2O4/c1-12(16(24)20(13(2)22)18(3,4)5)9-10-14-11-15(23)21(17(14)25)19(6,7)8/h12,14H,9-11H2,1-8H3. The SMILES string of the molecule is CC(=O)N(C(=O)C(C)CCC1CC(=O)N(C(C)(C)C)C1=O)C(C)(C)C. The number of carbonyl (C=O) groups excluding carboxylic acids is 4. The predicted octanol–water partition coefficient (Wildman–Crippen LogP) is 2.75. The third-order valence-electron chi connectivity index (χ3n) is 4.49. The fourth-order valence-corrected chi connectivity index (χ4v) is 3.38. The molecule has 0 aromatic rings. The molecule has 6 heteroatoms. The number of imide groups is 2. The fourth-order valence-electron chi connectivity index (χ4n) is 3.38. The molecule has 1 saturated heterocycles. The van der Waals surface area contributed by atoms with E-state index in [1.165, 1.54) is 16.7 Å². The van der Waals surface area contributed by atoms with Gasteiger partial charge < -0.3 is 0 Å². The Morgan fingerprint density at radius 2 is 1.68 bits per heavy atom. The third-order valence-corrected chi connectivity index (χ3v) is 4.49. The van der Waals surface area contributed by atoms with E-state index in [9.17, 15) is 19.2 Å². The molecule has 0 bridgehead atoms. The number of likely N-dealkylation sites (tertiary alicyclic amines) is 1. The Balaban J connectivity index is 2.75. The second-order valence-corrected chi connectivity index (χ2v) is 8.98. The van der Waals surface area contributed by atoms with Gasteiger partial charge >= 0.3 is 0 Å². The van der Waals surface area contributed by atoms with Crippen molar-refractivity contribution in [1.29, 1.82) is 0 Å². The van der Waals surface area contributed by atoms with Gasteiger partial charge in [-0.2, -0.15) is 0 Å². The summed E-state index contributed by atoms with van der Waals surface area (Å²) in [6.45, 7) is 14.1. The zero-order chi connectivity index (χ0) is 19.7. The van der Waals surface area contributed by atoms with Crippen LogP contribution in [0.5, 0.6) is 0 Å². The summed E-state index contributed by atoms with van der Waals surface area (Å²) in [6, 6.07) is 0. The van der Waals surface area contributed by atoms with Crippen LogP contribution < -0.4 is 0 Å². The summed E-state index contributed by atoms with van der Waals surface area (Å²) in [5.74, 6) is -1.57. The molecular weight excluding hydrogens is 320 g/mol. The first-order valence-corrected chi connectivity index (χ1v) is 8.89. The van der Waals surface area contributed by atoms with Crippen LogP contribution in [0.25, 0.3) is 0 Å². The maximum absolute atomic E-state index is 12.6. The van der Waals surface area contributed by atoms with Crippen LogP contribution in [0.15, 0.2) is 0 Å². The Bertz CT molecular complexity index is 569. The summed E-state index contributed by atoms with van der Waals surface area (Å²) in [7, 11) is 0. The van der Waals surface area contributed by atoms with Crippen LogP contribution in [0, 0.1) is 11.8 Å². The van der Waals surface area contributed by atoms with Crippen molar-refractivity contribution >= 4 is 23.6 Å². The van der Waals surface area contributed by atoms with Gasteiger partial charge in [-0.15, -0.1) is 0 Å². The van der Waals surface area contributed by atoms with Gasteiger partial charge in [0.15, 0.2) is 0 Å². The Hall–Kier alpha value is -1.72. The van der Waals surface area contributed by atoms with Crippen molar-refractivity contribution in [3.63, 3.8) is 0 Å². The van der Waals surface area contributed by atoms with E-state index in [0.717, 1.165) is 0 Å². The van der Waals surface area contributed by atoms with Crippen molar-refractivity contribution in [3.8, 4) is 0 Å². The van der Waals surface area contributed by atoms with E-state index >= 15 is 0 Å². The van der Waals surface area contributed by atoms with Gasteiger partial charge in [0, 0.05) is 36.3 Å². The molecule has 0 radical (unpaired) electrons. The van der Waals surface area contributed by atoms with Crippen LogP contribution in [0.2, 0.25) is 0 Å². The largest absolute Gasteiger partial charge is 0.277 e. The molecule has 0 saturated carbocycles. The van der Waals surface area contributed by atoms with Crippen molar-refractivity contribution in [2.45, 2.75) is 85.7 Å². The van der Waals surface area contributed by atoms with Crippen molar-refractivity contribution in [3.05, 3.63) is 0 Å². The van der Waals surface area contributed by atoms with Gasteiger partial charge in [0.05, 0.1) is 0 Å². The highest BCUT2D eigenvalue weighted by Crippen LogP contribution is 2.31. The van der Waals surface area contributed by atoms with E-state index in [-0.39, 0.29) is 41.9 Å². The predicted molar refractivity (Wildman–Crippen MR) is 95.4 cm³/mol. The Morgan fingerprint density at radius 1 is 1.16 bits per heavy atom. The minimum atomic E-state index is -0.584. The van der Waals surface area contributed by atoms with E-state index in [0.29, 0.717) is 12.8 Å². The summed E-state index contributed by atoms with van der Waals surface area (Å²) in [4.78, 5) is 51.7. The van der Waals surface area contributed by atoms with Gasteiger partial charge in [-0.25, -0.2) is 0 Å². The van der Waals surface area contributed by atoms with E-state index < -0.39 is 11.1 Å². The highest BCUT2D eigenvalue weighted by Gasteiger charge is 2.44. The van der Waals surface area contributed by atoms with Gasteiger partial charge in [-0.3, -0.25) is 29.0 Å². The summed E-state index contributed by atoms with van der Waals surface area (Å²) < 4.78 is 0. The Labute approximate surface area is 150 Å². The molecule has 6 nitrogen and oxygen atoms in total. The van der Waals surface area contributed by atoms with Gasteiger partial charge in [-0.05, 0) is 54.4 Å². The van der Waals surface area contributed by atoms with Crippen LogP contribution in [0.3, 0.4) is 0 Å². The van der Waals surface area contributed by atoms with E-state index in [4.69, 9.17) is 0 Å². The first-order chi connectivity index (χ1) is 11.2. The molecule has 25 heavy (non-hydrogen) atoms. The Morgan fingerprint density at radius 3 is 2.04 bits per heavy atom. The van der Waals surface area contributed by atoms with E-state index in [1.807, 2.05) is 41.5 Å². The average Bonchev–Trinajstić information content (AvgIpc) is 2.67. The van der Waals surface area contributed by atoms with E-state index in [2.05, 4.69) is 0 Å². The van der Waals surface area contributed by atoms with Gasteiger partial charge in [-0.1, -0.05) is 6.92 Å². The molecule has 0 N–H and O–H groups in total. The molecule has 1 fully saturated rings. The van der Waals surface area contributed by atoms with E-state index in [1.54, 1.807) is 6.92 Å². The van der Waals surface area contributed by atoms with Crippen LogP contribution in [0.1, 0.15) is 74.7 Å². The molecule has 1 heterocycles. The van der Waals surface area contributed by atoms with Crippen LogP contribution >= 0.6 is 0 Å². The van der Waals surface area contributed by atoms with Crippen molar-refractivity contribution in [2.75, 3.05) is 0 Å². The number of nitrogens with zero attached hydrogens (tertiary/aromatic N) is 2. The maximum atomic E-state index is 12.6. The monoisotopic (exact) mass is 352 g/mol. The second-order valence-electron chi connectivity index (χ2n) is 8.98. The zero-order valence-corrected chi connectivity index (χ0v) is 16.8. The van der Waals surface area contributed by atoms with Gasteiger partial charge in [0.1, 0.15) is 0 Å². The highest BCUT2D eigenvalue weighted by molar-refractivity contribution is 6.04. The highest BCUT2D eigenvalue weighted by atomic mass is 16.2. The molecule has 0 aliphatic carbocycles. The average molecular weight is 352 g/mol. The first kappa shape index (κ1) is 21.3. The summed E-state index contributed by atoms with van der Waals surface area (Å²) in [5, 5.41) is 0. The topological polar surface area (TPSA) is 74.8 Å². The molecular formula is C19H32N2O4. The summed E-state index contributed by atoms with van der Waals surface area (Å²) >= 11 is 0. The molecule has 0 aromatic carbocycles. The minimum Gasteiger partial charge on any atom is -0.277 e. The molecule has 2 unspecified atom stereocenters. The lowest BCUT2D eigenvalue weighted by Crippen LogP contribution is -2.50. The number of hydrogen-bond acceptors (Lipinski definition) is 4. The van der Waals surface area contributed by atoms with Crippen LogP contribution in [-0.2, 0) is 19.2 Å². The van der Waals surface area contributed by atoms with Crippen LogP contribution in [-0.4, -0.2) is 44.5 Å². The second kappa shape index (κ2) is 7.26. The lowest BCUT2D eigenvalue weighted by atomic mass is 9.93. The van der Waals surface area contributed by atoms with Gasteiger partial charge in [0.2, 0.25) is 23.6 Å². The summed E-state index contributed by atoms with van der Waals surface area (Å²) in [5.41, 5.74) is -1.11. The van der Waals surface area contributed by atoms with Crippen molar-refractivity contribution in [2.24, 2.45) is 11.8 Å². The molecule has 1 aliphatic rings. The molecule has 1 rings (SSSR count). The number of carbonyl (C=O) groups is 4. The molecule has 0 spiro atoms. The number of amides is 4. The third kappa shape index (κ3) is 4.89. The first-order valence-electron chi connectivity index (χ1n) is 8.89.